The van der Waals surface area contributed by atoms with E-state index in [1.165, 1.54) is 24.3 Å². The van der Waals surface area contributed by atoms with E-state index < -0.39 is 5.82 Å². The van der Waals surface area contributed by atoms with Crippen LogP contribution in [0.5, 0.6) is 5.75 Å². The lowest BCUT2D eigenvalue weighted by atomic mass is 10.1. The van der Waals surface area contributed by atoms with Gasteiger partial charge in [-0.1, -0.05) is 17.9 Å². The van der Waals surface area contributed by atoms with Crippen molar-refractivity contribution < 1.29 is 13.5 Å². The van der Waals surface area contributed by atoms with Gasteiger partial charge in [-0.05, 0) is 42.3 Å². The minimum absolute atomic E-state index is 0.188. The summed E-state index contributed by atoms with van der Waals surface area (Å²) >= 11 is 5.52. The summed E-state index contributed by atoms with van der Waals surface area (Å²) in [7, 11) is 0. The Morgan fingerprint density at radius 1 is 1.10 bits per heavy atom. The molecule has 1 nitrogen and oxygen atoms in total. The standard InChI is InChI=1S/C17H13ClF2O/c1-12-9-15(19)7-5-14(12)11-21-17-10-16(20)6-4-13(17)3-2-8-18/h4-7,9-10H,8,11H2,1H3. The van der Waals surface area contributed by atoms with Crippen molar-refractivity contribution in [2.24, 2.45) is 0 Å². The molecule has 2 aromatic rings. The molecule has 108 valence electrons. The van der Waals surface area contributed by atoms with Gasteiger partial charge in [0.15, 0.2) is 0 Å². The topological polar surface area (TPSA) is 9.23 Å². The van der Waals surface area contributed by atoms with Crippen LogP contribution >= 0.6 is 11.6 Å². The number of ether oxygens (including phenoxy) is 1. The molecule has 0 aromatic heterocycles. The molecule has 0 unspecified atom stereocenters. The molecule has 0 fully saturated rings. The molecule has 0 N–H and O–H groups in total. The fourth-order valence-corrected chi connectivity index (χ4v) is 1.89. The summed E-state index contributed by atoms with van der Waals surface area (Å²) in [4.78, 5) is 0. The van der Waals surface area contributed by atoms with Crippen LogP contribution in [0.3, 0.4) is 0 Å². The summed E-state index contributed by atoms with van der Waals surface area (Å²) in [5.74, 6) is 5.35. The Balaban J connectivity index is 2.20. The van der Waals surface area contributed by atoms with E-state index in [-0.39, 0.29) is 18.3 Å². The van der Waals surface area contributed by atoms with Crippen molar-refractivity contribution in [3.63, 3.8) is 0 Å². The lowest BCUT2D eigenvalue weighted by Crippen LogP contribution is -2.00. The van der Waals surface area contributed by atoms with E-state index in [0.29, 0.717) is 11.3 Å². The van der Waals surface area contributed by atoms with Crippen LogP contribution in [-0.4, -0.2) is 5.88 Å². The summed E-state index contributed by atoms with van der Waals surface area (Å²) in [6, 6.07) is 8.57. The molecule has 0 heterocycles. The number of aryl methyl sites for hydroxylation is 1. The molecule has 0 aliphatic carbocycles. The Kier molecular flexibility index (Phi) is 5.19. The van der Waals surface area contributed by atoms with Crippen LogP contribution in [0.15, 0.2) is 36.4 Å². The Morgan fingerprint density at radius 3 is 2.52 bits per heavy atom. The van der Waals surface area contributed by atoms with Crippen molar-refractivity contribution in [3.8, 4) is 17.6 Å². The fraction of sp³-hybridized carbons (Fsp3) is 0.176. The van der Waals surface area contributed by atoms with E-state index in [9.17, 15) is 8.78 Å². The zero-order chi connectivity index (χ0) is 15.2. The van der Waals surface area contributed by atoms with Crippen molar-refractivity contribution in [2.75, 3.05) is 5.88 Å². The van der Waals surface area contributed by atoms with Crippen LogP contribution in [0.4, 0.5) is 8.78 Å². The summed E-state index contributed by atoms with van der Waals surface area (Å²) in [6.07, 6.45) is 0. The minimum atomic E-state index is -0.405. The van der Waals surface area contributed by atoms with Gasteiger partial charge in [-0.25, -0.2) is 8.78 Å². The molecule has 0 aliphatic rings. The number of hydrogen-bond acceptors (Lipinski definition) is 1. The van der Waals surface area contributed by atoms with E-state index in [0.717, 1.165) is 11.1 Å². The highest BCUT2D eigenvalue weighted by molar-refractivity contribution is 6.19. The molecule has 0 radical (unpaired) electrons. The molecule has 2 rings (SSSR count). The zero-order valence-corrected chi connectivity index (χ0v) is 12.2. The van der Waals surface area contributed by atoms with E-state index in [1.54, 1.807) is 19.1 Å². The molecule has 0 aliphatic heterocycles. The number of rotatable bonds is 3. The van der Waals surface area contributed by atoms with Crippen LogP contribution in [0.25, 0.3) is 0 Å². The first kappa shape index (κ1) is 15.3. The Bertz CT molecular complexity index is 702. The quantitative estimate of drug-likeness (QED) is 0.601. The van der Waals surface area contributed by atoms with Gasteiger partial charge in [-0.2, -0.15) is 0 Å². The largest absolute Gasteiger partial charge is 0.487 e. The van der Waals surface area contributed by atoms with Crippen LogP contribution in [0.2, 0.25) is 0 Å². The molecule has 0 saturated heterocycles. The molecule has 0 bridgehead atoms. The maximum absolute atomic E-state index is 13.3. The summed E-state index contributed by atoms with van der Waals surface area (Å²) < 4.78 is 32.0. The van der Waals surface area contributed by atoms with Gasteiger partial charge >= 0.3 is 0 Å². The highest BCUT2D eigenvalue weighted by Crippen LogP contribution is 2.21. The van der Waals surface area contributed by atoms with Crippen molar-refractivity contribution in [3.05, 3.63) is 64.7 Å². The summed E-state index contributed by atoms with van der Waals surface area (Å²) in [6.45, 7) is 2.01. The zero-order valence-electron chi connectivity index (χ0n) is 11.4. The maximum atomic E-state index is 13.3. The Morgan fingerprint density at radius 2 is 1.81 bits per heavy atom. The van der Waals surface area contributed by atoms with Crippen LogP contribution < -0.4 is 4.74 Å². The second-order valence-electron chi connectivity index (χ2n) is 4.44. The van der Waals surface area contributed by atoms with Crippen LogP contribution in [0, 0.1) is 30.4 Å². The molecule has 0 saturated carbocycles. The van der Waals surface area contributed by atoms with Gasteiger partial charge in [-0.15, -0.1) is 11.6 Å². The summed E-state index contributed by atoms with van der Waals surface area (Å²) in [5, 5.41) is 0. The SMILES string of the molecule is Cc1cc(F)ccc1COc1cc(F)ccc1C#CCCl. The number of benzene rings is 2. The first-order chi connectivity index (χ1) is 10.1. The molecule has 0 atom stereocenters. The monoisotopic (exact) mass is 306 g/mol. The summed E-state index contributed by atoms with van der Waals surface area (Å²) in [5.41, 5.74) is 2.17. The lowest BCUT2D eigenvalue weighted by molar-refractivity contribution is 0.303. The van der Waals surface area contributed by atoms with E-state index in [4.69, 9.17) is 16.3 Å². The molecular formula is C17H13ClF2O. The van der Waals surface area contributed by atoms with Gasteiger partial charge in [0.25, 0.3) is 0 Å². The number of hydrogen-bond donors (Lipinski definition) is 0. The second-order valence-corrected chi connectivity index (χ2v) is 4.70. The van der Waals surface area contributed by atoms with Crippen molar-refractivity contribution in [1.29, 1.82) is 0 Å². The van der Waals surface area contributed by atoms with Gasteiger partial charge in [0, 0.05) is 6.07 Å². The van der Waals surface area contributed by atoms with Crippen LogP contribution in [0.1, 0.15) is 16.7 Å². The average Bonchev–Trinajstić information content (AvgIpc) is 2.45. The van der Waals surface area contributed by atoms with Crippen molar-refractivity contribution in [1.82, 2.24) is 0 Å². The van der Waals surface area contributed by atoms with Crippen molar-refractivity contribution >= 4 is 11.6 Å². The minimum Gasteiger partial charge on any atom is -0.487 e. The number of alkyl halides is 1. The predicted octanol–water partition coefficient (Wildman–Crippen LogP) is 4.44. The molecule has 0 amide bonds. The third-order valence-corrected chi connectivity index (χ3v) is 3.05. The normalized spacial score (nSPS) is 9.90. The highest BCUT2D eigenvalue weighted by atomic mass is 35.5. The average molecular weight is 307 g/mol. The van der Waals surface area contributed by atoms with E-state index >= 15 is 0 Å². The van der Waals surface area contributed by atoms with Gasteiger partial charge < -0.3 is 4.74 Å². The molecule has 2 aromatic carbocycles. The van der Waals surface area contributed by atoms with E-state index in [1.807, 2.05) is 0 Å². The first-order valence-electron chi connectivity index (χ1n) is 6.32. The Labute approximate surface area is 127 Å². The molecule has 0 spiro atoms. The van der Waals surface area contributed by atoms with Gasteiger partial charge in [0.05, 0.1) is 11.4 Å². The third kappa shape index (κ3) is 4.21. The van der Waals surface area contributed by atoms with Gasteiger partial charge in [0.1, 0.15) is 24.0 Å². The predicted molar refractivity (Wildman–Crippen MR) is 79.5 cm³/mol. The van der Waals surface area contributed by atoms with Crippen molar-refractivity contribution in [2.45, 2.75) is 13.5 Å². The molecular weight excluding hydrogens is 294 g/mol. The van der Waals surface area contributed by atoms with E-state index in [2.05, 4.69) is 11.8 Å². The lowest BCUT2D eigenvalue weighted by Gasteiger charge is -2.10. The third-order valence-electron chi connectivity index (χ3n) is 2.92. The van der Waals surface area contributed by atoms with Crippen LogP contribution in [-0.2, 0) is 6.61 Å². The fourth-order valence-electron chi connectivity index (χ4n) is 1.82. The maximum Gasteiger partial charge on any atom is 0.138 e. The second kappa shape index (κ2) is 7.10. The van der Waals surface area contributed by atoms with Gasteiger partial charge in [-0.3, -0.25) is 0 Å². The molecule has 21 heavy (non-hydrogen) atoms. The first-order valence-corrected chi connectivity index (χ1v) is 6.86. The molecule has 4 heteroatoms. The smallest absolute Gasteiger partial charge is 0.138 e. The Hall–Kier alpha value is -2.05. The van der Waals surface area contributed by atoms with Gasteiger partial charge in [0.2, 0.25) is 0 Å². The number of halogens is 3. The highest BCUT2D eigenvalue weighted by Gasteiger charge is 2.06.